The minimum absolute atomic E-state index is 0.169. The molecule has 0 saturated heterocycles. The zero-order valence-electron chi connectivity index (χ0n) is 15.5. The number of rotatable bonds is 5. The number of carbonyl (C=O) groups is 1. The number of nitrogens with one attached hydrogen (secondary N) is 1. The second-order valence-corrected chi connectivity index (χ2v) is 7.59. The summed E-state index contributed by atoms with van der Waals surface area (Å²) in [6.45, 7) is 4.80. The van der Waals surface area contributed by atoms with Crippen LogP contribution in [0, 0.1) is 6.92 Å². The van der Waals surface area contributed by atoms with Crippen molar-refractivity contribution in [2.45, 2.75) is 24.3 Å². The Hall–Kier alpha value is -3.00. The van der Waals surface area contributed by atoms with Crippen molar-refractivity contribution in [2.75, 3.05) is 18.5 Å². The molecule has 2 heterocycles. The van der Waals surface area contributed by atoms with Crippen molar-refractivity contribution >= 4 is 23.4 Å². The Labute approximate surface area is 166 Å². The summed E-state index contributed by atoms with van der Waals surface area (Å²) in [5, 5.41) is 10.9. The van der Waals surface area contributed by atoms with Crippen molar-refractivity contribution in [3.8, 4) is 23.0 Å². The minimum Gasteiger partial charge on any atom is -0.486 e. The molecule has 0 fully saturated rings. The number of thioether (sulfide) groups is 1. The number of amides is 1. The maximum atomic E-state index is 12.5. The molecule has 0 unspecified atom stereocenters. The molecule has 1 amide bonds. The number of hydrogen-bond donors (Lipinski definition) is 1. The fraction of sp³-hybridized carbons (Fsp3) is 0.250. The lowest BCUT2D eigenvalue weighted by Crippen LogP contribution is -2.22. The predicted octanol–water partition coefficient (Wildman–Crippen LogP) is 3.94. The maximum absolute atomic E-state index is 12.5. The zero-order chi connectivity index (χ0) is 19.5. The van der Waals surface area contributed by atoms with Crippen LogP contribution < -0.4 is 14.8 Å². The Kier molecular flexibility index (Phi) is 5.21. The largest absolute Gasteiger partial charge is 0.486 e. The standard InChI is InChI=1S/C20H19N3O4S/c1-12-5-3-4-6-15(12)19-22-23-20(27-19)28-13(2)18(24)21-14-7-8-16-17(11-14)26-10-9-25-16/h3-8,11,13H,9-10H2,1-2H3,(H,21,24)/t13-/m1/s1. The van der Waals surface area contributed by atoms with Crippen molar-refractivity contribution in [1.29, 1.82) is 0 Å². The van der Waals surface area contributed by atoms with Crippen LogP contribution in [0.1, 0.15) is 12.5 Å². The fourth-order valence-electron chi connectivity index (χ4n) is 2.75. The number of benzene rings is 2. The maximum Gasteiger partial charge on any atom is 0.277 e. The molecular formula is C20H19N3O4S. The molecule has 144 valence electrons. The van der Waals surface area contributed by atoms with Gasteiger partial charge in [-0.05, 0) is 37.6 Å². The number of nitrogens with zero attached hydrogens (tertiary/aromatic N) is 2. The van der Waals surface area contributed by atoms with E-state index in [0.29, 0.717) is 41.5 Å². The van der Waals surface area contributed by atoms with Gasteiger partial charge in [0.25, 0.3) is 5.22 Å². The van der Waals surface area contributed by atoms with Crippen LogP contribution in [0.15, 0.2) is 52.1 Å². The van der Waals surface area contributed by atoms with E-state index in [1.54, 1.807) is 25.1 Å². The first-order valence-electron chi connectivity index (χ1n) is 8.87. The summed E-state index contributed by atoms with van der Waals surface area (Å²) >= 11 is 1.21. The summed E-state index contributed by atoms with van der Waals surface area (Å²) < 4.78 is 16.7. The van der Waals surface area contributed by atoms with Crippen molar-refractivity contribution < 1.29 is 18.7 Å². The van der Waals surface area contributed by atoms with E-state index in [1.165, 1.54) is 11.8 Å². The first-order valence-corrected chi connectivity index (χ1v) is 9.75. The second-order valence-electron chi connectivity index (χ2n) is 6.30. The zero-order valence-corrected chi connectivity index (χ0v) is 16.3. The van der Waals surface area contributed by atoms with E-state index < -0.39 is 5.25 Å². The molecule has 1 aromatic heterocycles. The third-order valence-electron chi connectivity index (χ3n) is 4.24. The molecule has 4 rings (SSSR count). The lowest BCUT2D eigenvalue weighted by atomic mass is 10.1. The van der Waals surface area contributed by atoms with E-state index in [1.807, 2.05) is 31.2 Å². The smallest absolute Gasteiger partial charge is 0.277 e. The molecular weight excluding hydrogens is 378 g/mol. The lowest BCUT2D eigenvalue weighted by Gasteiger charge is -2.19. The van der Waals surface area contributed by atoms with Gasteiger partial charge in [0.2, 0.25) is 11.8 Å². The Morgan fingerprint density at radius 1 is 1.11 bits per heavy atom. The number of carbonyl (C=O) groups excluding carboxylic acids is 1. The third kappa shape index (κ3) is 3.96. The van der Waals surface area contributed by atoms with E-state index >= 15 is 0 Å². The van der Waals surface area contributed by atoms with E-state index in [4.69, 9.17) is 13.9 Å². The number of anilines is 1. The minimum atomic E-state index is -0.418. The van der Waals surface area contributed by atoms with Gasteiger partial charge in [-0.2, -0.15) is 0 Å². The van der Waals surface area contributed by atoms with Gasteiger partial charge in [0, 0.05) is 17.3 Å². The van der Waals surface area contributed by atoms with Gasteiger partial charge in [-0.15, -0.1) is 10.2 Å². The lowest BCUT2D eigenvalue weighted by molar-refractivity contribution is -0.115. The third-order valence-corrected chi connectivity index (χ3v) is 5.17. The van der Waals surface area contributed by atoms with Crippen LogP contribution in [-0.2, 0) is 4.79 Å². The van der Waals surface area contributed by atoms with Crippen LogP contribution in [0.2, 0.25) is 0 Å². The van der Waals surface area contributed by atoms with Gasteiger partial charge in [0.05, 0.1) is 5.25 Å². The SMILES string of the molecule is Cc1ccccc1-c1nnc(S[C@H](C)C(=O)Nc2ccc3c(c2)OCCO3)o1. The Balaban J connectivity index is 1.40. The Morgan fingerprint density at radius 3 is 2.71 bits per heavy atom. The van der Waals surface area contributed by atoms with Gasteiger partial charge < -0.3 is 19.2 Å². The monoisotopic (exact) mass is 397 g/mol. The number of ether oxygens (including phenoxy) is 2. The molecule has 0 spiro atoms. The number of fused-ring (bicyclic) bond motifs is 1. The van der Waals surface area contributed by atoms with Gasteiger partial charge in [-0.3, -0.25) is 4.79 Å². The van der Waals surface area contributed by atoms with Crippen LogP contribution in [-0.4, -0.2) is 34.6 Å². The van der Waals surface area contributed by atoms with Crippen LogP contribution in [0.25, 0.3) is 11.5 Å². The van der Waals surface area contributed by atoms with Crippen molar-refractivity contribution in [3.05, 3.63) is 48.0 Å². The van der Waals surface area contributed by atoms with Gasteiger partial charge in [0.1, 0.15) is 13.2 Å². The quantitative estimate of drug-likeness (QED) is 0.653. The predicted molar refractivity (Wildman–Crippen MR) is 106 cm³/mol. The molecule has 0 aliphatic carbocycles. The van der Waals surface area contributed by atoms with Crippen LogP contribution in [0.3, 0.4) is 0 Å². The molecule has 1 atom stereocenters. The molecule has 2 aromatic carbocycles. The van der Waals surface area contributed by atoms with E-state index in [9.17, 15) is 4.79 Å². The summed E-state index contributed by atoms with van der Waals surface area (Å²) in [6.07, 6.45) is 0. The molecule has 0 bridgehead atoms. The summed E-state index contributed by atoms with van der Waals surface area (Å²) in [6, 6.07) is 13.1. The highest BCUT2D eigenvalue weighted by Crippen LogP contribution is 2.33. The van der Waals surface area contributed by atoms with Crippen molar-refractivity contribution in [3.63, 3.8) is 0 Å². The Bertz CT molecular complexity index is 1000. The molecule has 1 aliphatic rings. The van der Waals surface area contributed by atoms with E-state index in [0.717, 1.165) is 11.1 Å². The summed E-state index contributed by atoms with van der Waals surface area (Å²) in [4.78, 5) is 12.5. The highest BCUT2D eigenvalue weighted by atomic mass is 32.2. The van der Waals surface area contributed by atoms with Crippen LogP contribution in [0.4, 0.5) is 5.69 Å². The van der Waals surface area contributed by atoms with Crippen LogP contribution in [0.5, 0.6) is 11.5 Å². The summed E-state index contributed by atoms with van der Waals surface area (Å²) in [5.41, 5.74) is 2.58. The van der Waals surface area contributed by atoms with Gasteiger partial charge >= 0.3 is 0 Å². The summed E-state index contributed by atoms with van der Waals surface area (Å²) in [5.74, 6) is 1.59. The van der Waals surface area contributed by atoms with E-state index in [-0.39, 0.29) is 5.91 Å². The number of hydrogen-bond acceptors (Lipinski definition) is 7. The first kappa shape index (κ1) is 18.4. The highest BCUT2D eigenvalue weighted by Gasteiger charge is 2.20. The van der Waals surface area contributed by atoms with Gasteiger partial charge in [-0.1, -0.05) is 30.0 Å². The second kappa shape index (κ2) is 7.93. The molecule has 7 nitrogen and oxygen atoms in total. The summed E-state index contributed by atoms with van der Waals surface area (Å²) in [7, 11) is 0. The number of aromatic nitrogens is 2. The average Bonchev–Trinajstić information content (AvgIpc) is 3.16. The first-order chi connectivity index (χ1) is 13.6. The highest BCUT2D eigenvalue weighted by molar-refractivity contribution is 8.00. The molecule has 0 saturated carbocycles. The van der Waals surface area contributed by atoms with Crippen LogP contribution >= 0.6 is 11.8 Å². The molecule has 1 aliphatic heterocycles. The normalized spacial score (nSPS) is 13.8. The van der Waals surface area contributed by atoms with Crippen molar-refractivity contribution in [2.24, 2.45) is 0 Å². The van der Waals surface area contributed by atoms with Gasteiger partial charge in [-0.25, -0.2) is 0 Å². The molecule has 8 heteroatoms. The average molecular weight is 397 g/mol. The Morgan fingerprint density at radius 2 is 1.89 bits per heavy atom. The molecule has 3 aromatic rings. The van der Waals surface area contributed by atoms with Crippen molar-refractivity contribution in [1.82, 2.24) is 10.2 Å². The van der Waals surface area contributed by atoms with Gasteiger partial charge in [0.15, 0.2) is 11.5 Å². The fourth-order valence-corrected chi connectivity index (χ4v) is 3.43. The molecule has 0 radical (unpaired) electrons. The number of aryl methyl sites for hydroxylation is 1. The molecule has 28 heavy (non-hydrogen) atoms. The van der Waals surface area contributed by atoms with E-state index in [2.05, 4.69) is 15.5 Å². The molecule has 1 N–H and O–H groups in total. The topological polar surface area (TPSA) is 86.5 Å².